The van der Waals surface area contributed by atoms with Gasteiger partial charge >= 0.3 is 0 Å². The molecule has 0 saturated carbocycles. The third-order valence-corrected chi connectivity index (χ3v) is 5.06. The Bertz CT molecular complexity index is 1120. The monoisotopic (exact) mass is 446 g/mol. The molecule has 1 N–H and O–H groups in total. The Morgan fingerprint density at radius 3 is 2.31 bits per heavy atom. The number of aryl methyl sites for hydroxylation is 1. The SMILES string of the molecule is CCc1ccc(NC(=O)c2nc(-c3ccc(Br)cc3)n(-c3ccccc3)n2)cc1. The molecule has 1 aromatic heterocycles. The molecule has 0 saturated heterocycles. The largest absolute Gasteiger partial charge is 0.319 e. The summed E-state index contributed by atoms with van der Waals surface area (Å²) in [5.41, 5.74) is 3.64. The van der Waals surface area contributed by atoms with Crippen LogP contribution >= 0.6 is 15.9 Å². The molecule has 6 heteroatoms. The van der Waals surface area contributed by atoms with Crippen molar-refractivity contribution in [3.63, 3.8) is 0 Å². The van der Waals surface area contributed by atoms with Crippen molar-refractivity contribution in [1.29, 1.82) is 0 Å². The second kappa shape index (κ2) is 8.41. The molecule has 4 rings (SSSR count). The molecule has 0 atom stereocenters. The van der Waals surface area contributed by atoms with Crippen LogP contribution in [-0.2, 0) is 6.42 Å². The molecule has 144 valence electrons. The molecular weight excluding hydrogens is 428 g/mol. The van der Waals surface area contributed by atoms with E-state index in [1.807, 2.05) is 78.9 Å². The predicted molar refractivity (Wildman–Crippen MR) is 118 cm³/mol. The van der Waals surface area contributed by atoms with Crippen molar-refractivity contribution >= 4 is 27.5 Å². The molecule has 0 unspecified atom stereocenters. The van der Waals surface area contributed by atoms with Crippen LogP contribution in [0.15, 0.2) is 83.3 Å². The number of rotatable bonds is 5. The molecule has 0 radical (unpaired) electrons. The number of amides is 1. The summed E-state index contributed by atoms with van der Waals surface area (Å²) in [5, 5.41) is 7.37. The van der Waals surface area contributed by atoms with E-state index in [-0.39, 0.29) is 11.7 Å². The zero-order chi connectivity index (χ0) is 20.2. The number of halogens is 1. The van der Waals surface area contributed by atoms with Crippen molar-refractivity contribution in [2.24, 2.45) is 0 Å². The summed E-state index contributed by atoms with van der Waals surface area (Å²) >= 11 is 3.45. The van der Waals surface area contributed by atoms with Crippen molar-refractivity contribution in [3.8, 4) is 17.1 Å². The van der Waals surface area contributed by atoms with Crippen LogP contribution in [-0.4, -0.2) is 20.7 Å². The lowest BCUT2D eigenvalue weighted by atomic mass is 10.1. The van der Waals surface area contributed by atoms with Crippen molar-refractivity contribution in [1.82, 2.24) is 14.8 Å². The standard InChI is InChI=1S/C23H19BrN4O/c1-2-16-8-14-19(15-9-16)25-23(29)21-26-22(17-10-12-18(24)13-11-17)28(27-21)20-6-4-3-5-7-20/h3-15H,2H2,1H3,(H,25,29). The maximum absolute atomic E-state index is 12.8. The van der Waals surface area contributed by atoms with Crippen molar-refractivity contribution < 1.29 is 4.79 Å². The van der Waals surface area contributed by atoms with Crippen LogP contribution < -0.4 is 5.32 Å². The van der Waals surface area contributed by atoms with Crippen LogP contribution in [0.2, 0.25) is 0 Å². The average molecular weight is 447 g/mol. The minimum absolute atomic E-state index is 0.117. The molecule has 3 aromatic carbocycles. The summed E-state index contributed by atoms with van der Waals surface area (Å²) in [6.45, 7) is 2.09. The zero-order valence-electron chi connectivity index (χ0n) is 15.8. The summed E-state index contributed by atoms with van der Waals surface area (Å²) in [7, 11) is 0. The van der Waals surface area contributed by atoms with E-state index in [9.17, 15) is 4.79 Å². The highest BCUT2D eigenvalue weighted by Crippen LogP contribution is 2.23. The first-order valence-corrected chi connectivity index (χ1v) is 10.1. The molecule has 1 amide bonds. The van der Waals surface area contributed by atoms with E-state index in [0.717, 1.165) is 22.1 Å². The number of hydrogen-bond acceptors (Lipinski definition) is 3. The second-order valence-corrected chi connectivity index (χ2v) is 7.43. The molecule has 0 aliphatic carbocycles. The number of aromatic nitrogens is 3. The first-order chi connectivity index (χ1) is 14.1. The lowest BCUT2D eigenvalue weighted by Gasteiger charge is -2.05. The van der Waals surface area contributed by atoms with Gasteiger partial charge < -0.3 is 5.32 Å². The van der Waals surface area contributed by atoms with Crippen LogP contribution in [0.1, 0.15) is 23.1 Å². The Morgan fingerprint density at radius 2 is 1.66 bits per heavy atom. The van der Waals surface area contributed by atoms with Gasteiger partial charge in [-0.15, -0.1) is 5.10 Å². The van der Waals surface area contributed by atoms with E-state index in [0.29, 0.717) is 11.5 Å². The van der Waals surface area contributed by atoms with Crippen LogP contribution in [0.25, 0.3) is 17.1 Å². The molecule has 4 aromatic rings. The average Bonchev–Trinajstić information content (AvgIpc) is 3.21. The maximum atomic E-state index is 12.8. The Balaban J connectivity index is 1.70. The van der Waals surface area contributed by atoms with Crippen LogP contribution in [0.4, 0.5) is 5.69 Å². The highest BCUT2D eigenvalue weighted by atomic mass is 79.9. The fourth-order valence-corrected chi connectivity index (χ4v) is 3.22. The van der Waals surface area contributed by atoms with Crippen molar-refractivity contribution in [2.45, 2.75) is 13.3 Å². The van der Waals surface area contributed by atoms with Gasteiger partial charge in [0, 0.05) is 15.7 Å². The minimum atomic E-state index is -0.345. The fourth-order valence-electron chi connectivity index (χ4n) is 2.95. The third kappa shape index (κ3) is 4.27. The molecule has 0 bridgehead atoms. The molecule has 0 spiro atoms. The van der Waals surface area contributed by atoms with E-state index in [1.165, 1.54) is 5.56 Å². The van der Waals surface area contributed by atoms with E-state index >= 15 is 0 Å². The van der Waals surface area contributed by atoms with Gasteiger partial charge in [0.2, 0.25) is 5.82 Å². The fraction of sp³-hybridized carbons (Fsp3) is 0.0870. The number of hydrogen-bond donors (Lipinski definition) is 1. The van der Waals surface area contributed by atoms with Gasteiger partial charge in [0.25, 0.3) is 5.91 Å². The number of carbonyl (C=O) groups excluding carboxylic acids is 1. The number of para-hydroxylation sites is 1. The lowest BCUT2D eigenvalue weighted by Crippen LogP contribution is -2.14. The first kappa shape index (κ1) is 19.1. The predicted octanol–water partition coefficient (Wildman–Crippen LogP) is 5.51. The van der Waals surface area contributed by atoms with Gasteiger partial charge in [-0.2, -0.15) is 0 Å². The molecule has 0 aliphatic heterocycles. The summed E-state index contributed by atoms with van der Waals surface area (Å²) in [4.78, 5) is 17.3. The Morgan fingerprint density at radius 1 is 0.966 bits per heavy atom. The van der Waals surface area contributed by atoms with E-state index in [2.05, 4.69) is 38.3 Å². The first-order valence-electron chi connectivity index (χ1n) is 9.33. The number of carbonyl (C=O) groups is 1. The van der Waals surface area contributed by atoms with E-state index in [4.69, 9.17) is 0 Å². The molecule has 1 heterocycles. The normalized spacial score (nSPS) is 10.7. The maximum Gasteiger partial charge on any atom is 0.295 e. The van der Waals surface area contributed by atoms with E-state index in [1.54, 1.807) is 4.68 Å². The van der Waals surface area contributed by atoms with Gasteiger partial charge in [0.15, 0.2) is 5.82 Å². The highest BCUT2D eigenvalue weighted by molar-refractivity contribution is 9.10. The molecular formula is C23H19BrN4O. The summed E-state index contributed by atoms with van der Waals surface area (Å²) in [6.07, 6.45) is 0.952. The number of benzene rings is 3. The minimum Gasteiger partial charge on any atom is -0.319 e. The van der Waals surface area contributed by atoms with Gasteiger partial charge in [-0.05, 0) is 48.4 Å². The third-order valence-electron chi connectivity index (χ3n) is 4.53. The van der Waals surface area contributed by atoms with Crippen molar-refractivity contribution in [3.05, 3.63) is 94.7 Å². The smallest absolute Gasteiger partial charge is 0.295 e. The number of nitrogens with zero attached hydrogens (tertiary/aromatic N) is 3. The van der Waals surface area contributed by atoms with Gasteiger partial charge in [-0.25, -0.2) is 9.67 Å². The zero-order valence-corrected chi connectivity index (χ0v) is 17.4. The lowest BCUT2D eigenvalue weighted by molar-refractivity contribution is 0.101. The van der Waals surface area contributed by atoms with Gasteiger partial charge in [0.1, 0.15) is 0 Å². The highest BCUT2D eigenvalue weighted by Gasteiger charge is 2.19. The molecule has 0 fully saturated rings. The Kier molecular flexibility index (Phi) is 5.53. The van der Waals surface area contributed by atoms with E-state index < -0.39 is 0 Å². The van der Waals surface area contributed by atoms with Gasteiger partial charge in [-0.1, -0.05) is 65.3 Å². The summed E-state index contributed by atoms with van der Waals surface area (Å²) in [6, 6.07) is 25.2. The summed E-state index contributed by atoms with van der Waals surface area (Å²) in [5.74, 6) is 0.379. The van der Waals surface area contributed by atoms with Gasteiger partial charge in [0.05, 0.1) is 5.69 Å². The van der Waals surface area contributed by atoms with Crippen molar-refractivity contribution in [2.75, 3.05) is 5.32 Å². The molecule has 29 heavy (non-hydrogen) atoms. The number of nitrogens with one attached hydrogen (secondary N) is 1. The molecule has 5 nitrogen and oxygen atoms in total. The van der Waals surface area contributed by atoms with Crippen LogP contribution in [0.5, 0.6) is 0 Å². The Hall–Kier alpha value is -3.25. The summed E-state index contributed by atoms with van der Waals surface area (Å²) < 4.78 is 2.67. The number of anilines is 1. The quantitative estimate of drug-likeness (QED) is 0.439. The van der Waals surface area contributed by atoms with Crippen LogP contribution in [0, 0.1) is 0 Å². The van der Waals surface area contributed by atoms with Crippen LogP contribution in [0.3, 0.4) is 0 Å². The Labute approximate surface area is 177 Å². The molecule has 0 aliphatic rings. The van der Waals surface area contributed by atoms with Gasteiger partial charge in [-0.3, -0.25) is 4.79 Å². The topological polar surface area (TPSA) is 59.8 Å². The second-order valence-electron chi connectivity index (χ2n) is 6.52.